The number of fused-ring (bicyclic) bond motifs is 2. The van der Waals surface area contributed by atoms with Gasteiger partial charge in [-0.15, -0.1) is 0 Å². The van der Waals surface area contributed by atoms with Gasteiger partial charge in [0.1, 0.15) is 0 Å². The van der Waals surface area contributed by atoms with Crippen molar-refractivity contribution >= 4 is 23.1 Å². The lowest BCUT2D eigenvalue weighted by Gasteiger charge is -2.06. The van der Waals surface area contributed by atoms with Gasteiger partial charge in [0.25, 0.3) is 5.91 Å². The number of hydrogen-bond donors (Lipinski definition) is 2. The van der Waals surface area contributed by atoms with E-state index < -0.39 is 0 Å². The molecule has 0 saturated carbocycles. The number of anilines is 3. The highest BCUT2D eigenvalue weighted by Crippen LogP contribution is 2.30. The molecule has 0 bridgehead atoms. The highest BCUT2D eigenvalue weighted by molar-refractivity contribution is 6.11. The molecule has 4 heteroatoms. The molecule has 2 N–H and O–H groups in total. The van der Waals surface area contributed by atoms with E-state index in [1.807, 2.05) is 31.2 Å². The van der Waals surface area contributed by atoms with Crippen molar-refractivity contribution in [1.29, 1.82) is 0 Å². The fraction of sp³-hybridized carbons (Fsp3) is 0.0769. The molecule has 1 aliphatic heterocycles. The molecule has 1 aliphatic rings. The first-order chi connectivity index (χ1) is 8.24. The van der Waals surface area contributed by atoms with Crippen LogP contribution >= 0.6 is 0 Å². The number of benzene rings is 1. The van der Waals surface area contributed by atoms with Crippen molar-refractivity contribution in [3.8, 4) is 0 Å². The monoisotopic (exact) mass is 225 g/mol. The molecular formula is C13H11N3O. The van der Waals surface area contributed by atoms with E-state index in [4.69, 9.17) is 0 Å². The van der Waals surface area contributed by atoms with E-state index in [2.05, 4.69) is 15.6 Å². The minimum atomic E-state index is -0.108. The van der Waals surface area contributed by atoms with Crippen molar-refractivity contribution in [3.05, 3.63) is 47.7 Å². The second-order valence-electron chi connectivity index (χ2n) is 4.03. The first-order valence-corrected chi connectivity index (χ1v) is 5.38. The zero-order valence-corrected chi connectivity index (χ0v) is 9.32. The van der Waals surface area contributed by atoms with Gasteiger partial charge >= 0.3 is 0 Å². The number of nitrogens with zero attached hydrogens (tertiary/aromatic N) is 1. The van der Waals surface area contributed by atoms with Crippen LogP contribution in [0.4, 0.5) is 17.2 Å². The standard InChI is InChI=1S/C13H11N3O/c1-8-4-5-10-9(7-8)13(17)16-11-3-2-6-14-12(11)15-10/h2-7H,1H3,(H,14,15)(H,16,17). The van der Waals surface area contributed by atoms with Crippen LogP contribution in [0.3, 0.4) is 0 Å². The Hall–Kier alpha value is -2.36. The molecule has 0 saturated heterocycles. The van der Waals surface area contributed by atoms with Crippen LogP contribution in [0.15, 0.2) is 36.5 Å². The molecule has 84 valence electrons. The summed E-state index contributed by atoms with van der Waals surface area (Å²) < 4.78 is 0. The van der Waals surface area contributed by atoms with Crippen LogP contribution in [0.2, 0.25) is 0 Å². The van der Waals surface area contributed by atoms with Gasteiger partial charge in [0, 0.05) is 6.20 Å². The number of hydrogen-bond acceptors (Lipinski definition) is 3. The lowest BCUT2D eigenvalue weighted by atomic mass is 10.1. The number of pyridine rings is 1. The molecule has 0 aliphatic carbocycles. The topological polar surface area (TPSA) is 54.0 Å². The van der Waals surface area contributed by atoms with Crippen LogP contribution < -0.4 is 10.6 Å². The Labute approximate surface area is 98.7 Å². The SMILES string of the molecule is Cc1ccc2c(c1)C(=O)Nc1cccnc1N2. The quantitative estimate of drug-likeness (QED) is 0.724. The smallest absolute Gasteiger partial charge is 0.257 e. The summed E-state index contributed by atoms with van der Waals surface area (Å²) in [6.45, 7) is 1.96. The highest BCUT2D eigenvalue weighted by Gasteiger charge is 2.18. The van der Waals surface area contributed by atoms with Crippen molar-refractivity contribution in [2.45, 2.75) is 6.92 Å². The van der Waals surface area contributed by atoms with Gasteiger partial charge in [-0.25, -0.2) is 4.98 Å². The molecule has 2 heterocycles. The summed E-state index contributed by atoms with van der Waals surface area (Å²) in [4.78, 5) is 16.3. The molecule has 2 aromatic rings. The van der Waals surface area contributed by atoms with Gasteiger partial charge < -0.3 is 10.6 Å². The summed E-state index contributed by atoms with van der Waals surface area (Å²) in [5.41, 5.74) is 3.18. The van der Waals surface area contributed by atoms with Crippen LogP contribution in [-0.4, -0.2) is 10.9 Å². The highest BCUT2D eigenvalue weighted by atomic mass is 16.1. The van der Waals surface area contributed by atoms with Crippen molar-refractivity contribution in [2.75, 3.05) is 10.6 Å². The normalized spacial score (nSPS) is 12.9. The number of rotatable bonds is 0. The Kier molecular flexibility index (Phi) is 2.08. The molecule has 17 heavy (non-hydrogen) atoms. The molecule has 0 fully saturated rings. The van der Waals surface area contributed by atoms with Gasteiger partial charge in [-0.2, -0.15) is 0 Å². The molecule has 1 aromatic heterocycles. The van der Waals surface area contributed by atoms with E-state index in [9.17, 15) is 4.79 Å². The number of carbonyl (C=O) groups excluding carboxylic acids is 1. The second-order valence-corrected chi connectivity index (χ2v) is 4.03. The number of amides is 1. The Morgan fingerprint density at radius 3 is 2.88 bits per heavy atom. The zero-order valence-electron chi connectivity index (χ0n) is 9.32. The number of aryl methyl sites for hydroxylation is 1. The maximum Gasteiger partial charge on any atom is 0.257 e. The third-order valence-corrected chi connectivity index (χ3v) is 2.73. The van der Waals surface area contributed by atoms with Gasteiger partial charge in [-0.05, 0) is 31.2 Å². The fourth-order valence-corrected chi connectivity index (χ4v) is 1.88. The largest absolute Gasteiger partial charge is 0.338 e. The van der Waals surface area contributed by atoms with E-state index in [0.29, 0.717) is 17.1 Å². The Morgan fingerprint density at radius 1 is 1.12 bits per heavy atom. The minimum Gasteiger partial charge on any atom is -0.338 e. The summed E-state index contributed by atoms with van der Waals surface area (Å²) in [6.07, 6.45) is 1.69. The molecule has 4 nitrogen and oxygen atoms in total. The number of aromatic nitrogens is 1. The average molecular weight is 225 g/mol. The molecule has 1 aromatic carbocycles. The molecule has 0 unspecified atom stereocenters. The molecule has 3 rings (SSSR count). The number of carbonyl (C=O) groups is 1. The zero-order chi connectivity index (χ0) is 11.8. The first-order valence-electron chi connectivity index (χ1n) is 5.38. The van der Waals surface area contributed by atoms with Crippen LogP contribution in [0.1, 0.15) is 15.9 Å². The van der Waals surface area contributed by atoms with Gasteiger partial charge in [-0.1, -0.05) is 11.6 Å². The molecule has 1 amide bonds. The van der Waals surface area contributed by atoms with Crippen molar-refractivity contribution in [3.63, 3.8) is 0 Å². The summed E-state index contributed by atoms with van der Waals surface area (Å²) in [5.74, 6) is 0.561. The van der Waals surface area contributed by atoms with Crippen molar-refractivity contribution in [2.24, 2.45) is 0 Å². The third kappa shape index (κ3) is 1.63. The van der Waals surface area contributed by atoms with E-state index in [-0.39, 0.29) is 5.91 Å². The average Bonchev–Trinajstić information content (AvgIpc) is 2.46. The van der Waals surface area contributed by atoms with Crippen LogP contribution in [0.5, 0.6) is 0 Å². The van der Waals surface area contributed by atoms with Crippen molar-refractivity contribution < 1.29 is 4.79 Å². The van der Waals surface area contributed by atoms with E-state index in [0.717, 1.165) is 11.3 Å². The van der Waals surface area contributed by atoms with Crippen LogP contribution in [0.25, 0.3) is 0 Å². The van der Waals surface area contributed by atoms with Gasteiger partial charge in [0.2, 0.25) is 0 Å². The Morgan fingerprint density at radius 2 is 2.00 bits per heavy atom. The van der Waals surface area contributed by atoms with E-state index >= 15 is 0 Å². The summed E-state index contributed by atoms with van der Waals surface area (Å²) >= 11 is 0. The molecule has 0 spiro atoms. The predicted octanol–water partition coefficient (Wildman–Crippen LogP) is 2.70. The minimum absolute atomic E-state index is 0.108. The van der Waals surface area contributed by atoms with Gasteiger partial charge in [0.05, 0.1) is 16.9 Å². The second kappa shape index (κ2) is 3.59. The predicted molar refractivity (Wildman–Crippen MR) is 66.7 cm³/mol. The number of nitrogens with one attached hydrogen (secondary N) is 2. The summed E-state index contributed by atoms with van der Waals surface area (Å²) in [5, 5.41) is 6.01. The van der Waals surface area contributed by atoms with E-state index in [1.165, 1.54) is 0 Å². The molecular weight excluding hydrogens is 214 g/mol. The maximum atomic E-state index is 12.0. The first kappa shape index (κ1) is 9.84. The van der Waals surface area contributed by atoms with Crippen LogP contribution in [-0.2, 0) is 0 Å². The summed E-state index contributed by atoms with van der Waals surface area (Å²) in [6, 6.07) is 9.35. The Bertz CT molecular complexity index is 607. The molecule has 0 radical (unpaired) electrons. The van der Waals surface area contributed by atoms with E-state index in [1.54, 1.807) is 12.3 Å². The fourth-order valence-electron chi connectivity index (χ4n) is 1.88. The van der Waals surface area contributed by atoms with Crippen LogP contribution in [0, 0.1) is 6.92 Å². The molecule has 0 atom stereocenters. The maximum absolute atomic E-state index is 12.0. The lowest BCUT2D eigenvalue weighted by molar-refractivity contribution is 0.102. The third-order valence-electron chi connectivity index (χ3n) is 2.73. The van der Waals surface area contributed by atoms with Crippen molar-refractivity contribution in [1.82, 2.24) is 4.98 Å². The van der Waals surface area contributed by atoms with Gasteiger partial charge in [0.15, 0.2) is 5.82 Å². The summed E-state index contributed by atoms with van der Waals surface area (Å²) in [7, 11) is 0. The van der Waals surface area contributed by atoms with Gasteiger partial charge in [-0.3, -0.25) is 4.79 Å². The Balaban J connectivity index is 2.17. The lowest BCUT2D eigenvalue weighted by Crippen LogP contribution is -2.10.